The van der Waals surface area contributed by atoms with Crippen molar-refractivity contribution in [3.8, 4) is 0 Å². The lowest BCUT2D eigenvalue weighted by atomic mass is 10.3. The first-order valence-corrected chi connectivity index (χ1v) is 5.85. The van der Waals surface area contributed by atoms with Crippen molar-refractivity contribution in [1.29, 1.82) is 0 Å². The topological polar surface area (TPSA) is 68.1 Å². The fourth-order valence-electron chi connectivity index (χ4n) is 1.16. The van der Waals surface area contributed by atoms with E-state index in [1.807, 2.05) is 0 Å². The van der Waals surface area contributed by atoms with Gasteiger partial charge >= 0.3 is 11.2 Å². The quantitative estimate of drug-likeness (QED) is 0.510. The molecule has 0 saturated carbocycles. The Morgan fingerprint density at radius 2 is 2.17 bits per heavy atom. The summed E-state index contributed by atoms with van der Waals surface area (Å²) in [5.41, 5.74) is -4.00. The molecule has 1 heterocycles. The number of nitrogens with zero attached hydrogens (tertiary/aromatic N) is 2. The number of nitrogens with one attached hydrogen (secondary N) is 1. The monoisotopic (exact) mass is 281 g/mol. The second-order valence-electron chi connectivity index (χ2n) is 3.30. The highest BCUT2D eigenvalue weighted by molar-refractivity contribution is 8.00. The van der Waals surface area contributed by atoms with Crippen LogP contribution in [0.5, 0.6) is 0 Å². The van der Waals surface area contributed by atoms with Crippen molar-refractivity contribution in [1.82, 2.24) is 4.98 Å². The van der Waals surface area contributed by atoms with Crippen LogP contribution in [0.25, 0.3) is 0 Å². The summed E-state index contributed by atoms with van der Waals surface area (Å²) in [6.45, 7) is 1.58. The molecule has 1 rings (SSSR count). The van der Waals surface area contributed by atoms with E-state index in [0.29, 0.717) is 5.69 Å². The van der Waals surface area contributed by atoms with Gasteiger partial charge in [-0.05, 0) is 24.8 Å². The van der Waals surface area contributed by atoms with Crippen LogP contribution in [0.4, 0.5) is 24.7 Å². The molecule has 0 aliphatic carbocycles. The van der Waals surface area contributed by atoms with Gasteiger partial charge in [0.05, 0.1) is 4.92 Å². The molecule has 1 aromatic rings. The van der Waals surface area contributed by atoms with Crippen molar-refractivity contribution in [3.05, 3.63) is 27.9 Å². The smallest absolute Gasteiger partial charge is 0.363 e. The maximum Gasteiger partial charge on any atom is 0.441 e. The normalized spacial score (nSPS) is 11.3. The van der Waals surface area contributed by atoms with Gasteiger partial charge in [0.2, 0.25) is 5.82 Å². The number of anilines is 1. The molecule has 0 spiro atoms. The summed E-state index contributed by atoms with van der Waals surface area (Å²) >= 11 is -0.189. The molecule has 0 aromatic carbocycles. The highest BCUT2D eigenvalue weighted by Gasteiger charge is 2.27. The first-order valence-electron chi connectivity index (χ1n) is 4.86. The van der Waals surface area contributed by atoms with E-state index < -0.39 is 10.4 Å². The summed E-state index contributed by atoms with van der Waals surface area (Å²) in [6.07, 6.45) is 0. The van der Waals surface area contributed by atoms with Gasteiger partial charge in [-0.2, -0.15) is 13.2 Å². The Kier molecular flexibility index (Phi) is 4.76. The number of aryl methyl sites for hydroxylation is 1. The highest BCUT2D eigenvalue weighted by Crippen LogP contribution is 2.30. The Morgan fingerprint density at radius 3 is 2.72 bits per heavy atom. The summed E-state index contributed by atoms with van der Waals surface area (Å²) in [5, 5.41) is 13.2. The van der Waals surface area contributed by atoms with E-state index in [9.17, 15) is 23.3 Å². The van der Waals surface area contributed by atoms with E-state index >= 15 is 0 Å². The number of thioether (sulfide) groups is 1. The van der Waals surface area contributed by atoms with Gasteiger partial charge in [-0.25, -0.2) is 4.98 Å². The van der Waals surface area contributed by atoms with Gasteiger partial charge < -0.3 is 5.32 Å². The molecule has 1 N–H and O–H groups in total. The lowest BCUT2D eigenvalue weighted by Gasteiger charge is -2.08. The van der Waals surface area contributed by atoms with E-state index in [0.717, 1.165) is 0 Å². The Morgan fingerprint density at radius 1 is 1.50 bits per heavy atom. The number of hydrogen-bond donors (Lipinski definition) is 1. The zero-order valence-corrected chi connectivity index (χ0v) is 10.1. The first kappa shape index (κ1) is 14.6. The zero-order chi connectivity index (χ0) is 13.8. The number of pyridine rings is 1. The van der Waals surface area contributed by atoms with Gasteiger partial charge in [0.15, 0.2) is 0 Å². The summed E-state index contributed by atoms with van der Waals surface area (Å²) in [7, 11) is 0. The fourth-order valence-corrected chi connectivity index (χ4v) is 1.60. The van der Waals surface area contributed by atoms with Gasteiger partial charge in [0.1, 0.15) is 0 Å². The number of rotatable bonds is 5. The van der Waals surface area contributed by atoms with Crippen LogP contribution in [0.15, 0.2) is 12.1 Å². The summed E-state index contributed by atoms with van der Waals surface area (Å²) < 4.78 is 35.6. The minimum atomic E-state index is -4.30. The van der Waals surface area contributed by atoms with E-state index in [1.54, 1.807) is 6.92 Å². The van der Waals surface area contributed by atoms with E-state index in [2.05, 4.69) is 10.3 Å². The SMILES string of the molecule is Cc1ccc([N+](=O)[O-])c(NCCSC(F)(F)F)n1. The Bertz CT molecular complexity index is 440. The van der Waals surface area contributed by atoms with Crippen LogP contribution in [0.2, 0.25) is 0 Å². The molecule has 18 heavy (non-hydrogen) atoms. The molecule has 100 valence electrons. The Hall–Kier alpha value is -1.51. The molecule has 5 nitrogen and oxygen atoms in total. The molecule has 0 aliphatic heterocycles. The average molecular weight is 281 g/mol. The maximum absolute atomic E-state index is 11.9. The molecule has 0 fully saturated rings. The van der Waals surface area contributed by atoms with Crippen LogP contribution in [-0.2, 0) is 0 Å². The van der Waals surface area contributed by atoms with Crippen LogP contribution in [0.3, 0.4) is 0 Å². The second kappa shape index (κ2) is 5.89. The van der Waals surface area contributed by atoms with Crippen molar-refractivity contribution in [2.24, 2.45) is 0 Å². The zero-order valence-electron chi connectivity index (χ0n) is 9.32. The summed E-state index contributed by atoms with van der Waals surface area (Å²) in [5.74, 6) is -0.251. The average Bonchev–Trinajstić information content (AvgIpc) is 2.22. The number of hydrogen-bond acceptors (Lipinski definition) is 5. The van der Waals surface area contributed by atoms with Gasteiger partial charge in [-0.15, -0.1) is 0 Å². The van der Waals surface area contributed by atoms with E-state index in [1.165, 1.54) is 12.1 Å². The summed E-state index contributed by atoms with van der Waals surface area (Å²) in [4.78, 5) is 13.9. The lowest BCUT2D eigenvalue weighted by Crippen LogP contribution is -2.11. The van der Waals surface area contributed by atoms with Crippen molar-refractivity contribution in [3.63, 3.8) is 0 Å². The molecule has 0 amide bonds. The largest absolute Gasteiger partial charge is 0.441 e. The molecular formula is C9H10F3N3O2S. The van der Waals surface area contributed by atoms with Crippen molar-refractivity contribution < 1.29 is 18.1 Å². The fraction of sp³-hybridized carbons (Fsp3) is 0.444. The predicted molar refractivity (Wildman–Crippen MR) is 62.6 cm³/mol. The van der Waals surface area contributed by atoms with Crippen LogP contribution in [-0.4, -0.2) is 27.7 Å². The van der Waals surface area contributed by atoms with Gasteiger partial charge in [0.25, 0.3) is 0 Å². The molecule has 1 aromatic heterocycles. The molecule has 0 radical (unpaired) electrons. The molecule has 0 saturated heterocycles. The van der Waals surface area contributed by atoms with Crippen LogP contribution >= 0.6 is 11.8 Å². The minimum absolute atomic E-state index is 0.0113. The third-order valence-electron chi connectivity index (χ3n) is 1.87. The Labute approximate surface area is 105 Å². The number of alkyl halides is 3. The molecule has 0 unspecified atom stereocenters. The number of aromatic nitrogens is 1. The van der Waals surface area contributed by atoms with Gasteiger partial charge in [-0.3, -0.25) is 10.1 Å². The predicted octanol–water partition coefficient (Wildman–Crippen LogP) is 2.96. The maximum atomic E-state index is 11.9. The van der Waals surface area contributed by atoms with Crippen LogP contribution in [0, 0.1) is 17.0 Å². The third kappa shape index (κ3) is 4.78. The number of nitro groups is 1. The first-order chi connectivity index (χ1) is 8.29. The second-order valence-corrected chi connectivity index (χ2v) is 4.46. The van der Waals surface area contributed by atoms with Crippen LogP contribution in [0.1, 0.15) is 5.69 Å². The van der Waals surface area contributed by atoms with E-state index in [4.69, 9.17) is 0 Å². The van der Waals surface area contributed by atoms with Crippen molar-refractivity contribution >= 4 is 23.3 Å². The Balaban J connectivity index is 2.61. The van der Waals surface area contributed by atoms with Gasteiger partial charge in [-0.1, -0.05) is 0 Å². The molecule has 9 heteroatoms. The standard InChI is InChI=1S/C9H10F3N3O2S/c1-6-2-3-7(15(16)17)8(14-6)13-4-5-18-9(10,11)12/h2-3H,4-5H2,1H3,(H,13,14). The van der Waals surface area contributed by atoms with Gasteiger partial charge in [0, 0.05) is 24.1 Å². The molecule has 0 bridgehead atoms. The van der Waals surface area contributed by atoms with Crippen molar-refractivity contribution in [2.75, 3.05) is 17.6 Å². The number of halogens is 3. The third-order valence-corrected chi connectivity index (χ3v) is 2.61. The van der Waals surface area contributed by atoms with E-state index in [-0.39, 0.29) is 35.6 Å². The molecule has 0 atom stereocenters. The van der Waals surface area contributed by atoms with Crippen molar-refractivity contribution in [2.45, 2.75) is 12.4 Å². The highest BCUT2D eigenvalue weighted by atomic mass is 32.2. The lowest BCUT2D eigenvalue weighted by molar-refractivity contribution is -0.384. The minimum Gasteiger partial charge on any atom is -0.363 e. The molecular weight excluding hydrogens is 271 g/mol. The summed E-state index contributed by atoms with van der Waals surface area (Å²) in [6, 6.07) is 2.73. The molecule has 0 aliphatic rings. The van der Waals surface area contributed by atoms with Crippen LogP contribution < -0.4 is 5.32 Å².